The highest BCUT2D eigenvalue weighted by Gasteiger charge is 2.10. The van der Waals surface area contributed by atoms with Gasteiger partial charge in [0.2, 0.25) is 0 Å². The van der Waals surface area contributed by atoms with Gasteiger partial charge in [0.15, 0.2) is 4.77 Å². The highest BCUT2D eigenvalue weighted by atomic mass is 32.1. The molecule has 3 aromatic rings. The quantitative estimate of drug-likeness (QED) is 0.548. The molecule has 6 heteroatoms. The van der Waals surface area contributed by atoms with Crippen molar-refractivity contribution in [2.24, 2.45) is 0 Å². The van der Waals surface area contributed by atoms with Crippen LogP contribution in [0.1, 0.15) is 15.9 Å². The van der Waals surface area contributed by atoms with E-state index >= 15 is 0 Å². The van der Waals surface area contributed by atoms with Gasteiger partial charge >= 0.3 is 0 Å². The number of carbonyl (C=O) groups is 1. The lowest BCUT2D eigenvalue weighted by Gasteiger charge is -2.08. The number of aromatic amines is 1. The summed E-state index contributed by atoms with van der Waals surface area (Å²) in [5.74, 6) is -0.208. The predicted molar refractivity (Wildman–Crippen MR) is 101 cm³/mol. The minimum atomic E-state index is -0.208. The third-order valence-electron chi connectivity index (χ3n) is 3.85. The standard InChI is InChI=1S/C19H17N3O2S/c1-2-10-22-18(24)15-9-8-14(11-16(15)21-19(22)25)17(23)20-12-13-6-4-3-5-7-13/h2-9,11H,1,10,12H2,(H,20,23)(H,21,25). The van der Waals surface area contributed by atoms with Crippen LogP contribution in [0.15, 0.2) is 66.0 Å². The Kier molecular flexibility index (Phi) is 4.90. The normalized spacial score (nSPS) is 10.6. The second kappa shape index (κ2) is 7.27. The zero-order valence-electron chi connectivity index (χ0n) is 13.5. The summed E-state index contributed by atoms with van der Waals surface area (Å²) in [5.41, 5.74) is 1.83. The molecule has 0 atom stereocenters. The van der Waals surface area contributed by atoms with Crippen molar-refractivity contribution in [2.75, 3.05) is 0 Å². The summed E-state index contributed by atoms with van der Waals surface area (Å²) in [6.07, 6.45) is 1.61. The molecule has 1 amide bonds. The Morgan fingerprint density at radius 1 is 1.24 bits per heavy atom. The van der Waals surface area contributed by atoms with Crippen LogP contribution in [-0.4, -0.2) is 15.5 Å². The fraction of sp³-hybridized carbons (Fsp3) is 0.105. The molecule has 0 saturated heterocycles. The first-order valence-corrected chi connectivity index (χ1v) is 8.21. The van der Waals surface area contributed by atoms with Crippen molar-refractivity contribution in [2.45, 2.75) is 13.1 Å². The van der Waals surface area contributed by atoms with Gasteiger partial charge in [-0.25, -0.2) is 0 Å². The first kappa shape index (κ1) is 16.9. The van der Waals surface area contributed by atoms with Crippen LogP contribution in [0, 0.1) is 4.77 Å². The largest absolute Gasteiger partial charge is 0.348 e. The van der Waals surface area contributed by atoms with E-state index in [1.54, 1.807) is 24.3 Å². The third-order valence-corrected chi connectivity index (χ3v) is 4.17. The van der Waals surface area contributed by atoms with Gasteiger partial charge in [0.25, 0.3) is 11.5 Å². The Hall–Kier alpha value is -2.99. The molecule has 5 nitrogen and oxygen atoms in total. The lowest BCUT2D eigenvalue weighted by atomic mass is 10.1. The summed E-state index contributed by atoms with van der Waals surface area (Å²) in [6.45, 7) is 4.40. The van der Waals surface area contributed by atoms with Gasteiger partial charge in [-0.3, -0.25) is 14.2 Å². The van der Waals surface area contributed by atoms with Gasteiger partial charge in [-0.1, -0.05) is 36.4 Å². The fourth-order valence-electron chi connectivity index (χ4n) is 2.57. The molecule has 0 radical (unpaired) electrons. The van der Waals surface area contributed by atoms with Crippen molar-refractivity contribution in [1.29, 1.82) is 0 Å². The molecule has 0 fully saturated rings. The van der Waals surface area contributed by atoms with Crippen molar-refractivity contribution in [3.8, 4) is 0 Å². The molecule has 0 saturated carbocycles. The van der Waals surface area contributed by atoms with E-state index in [4.69, 9.17) is 12.2 Å². The Morgan fingerprint density at radius 2 is 2.00 bits per heavy atom. The smallest absolute Gasteiger partial charge is 0.262 e. The van der Waals surface area contributed by atoms with Crippen LogP contribution in [0.4, 0.5) is 0 Å². The average molecular weight is 351 g/mol. The van der Waals surface area contributed by atoms with Crippen LogP contribution in [0.5, 0.6) is 0 Å². The van der Waals surface area contributed by atoms with E-state index in [2.05, 4.69) is 16.9 Å². The van der Waals surface area contributed by atoms with E-state index < -0.39 is 0 Å². The molecule has 0 unspecified atom stereocenters. The summed E-state index contributed by atoms with van der Waals surface area (Å²) in [6, 6.07) is 14.6. The molecule has 0 spiro atoms. The van der Waals surface area contributed by atoms with Crippen molar-refractivity contribution in [1.82, 2.24) is 14.9 Å². The number of benzene rings is 2. The van der Waals surface area contributed by atoms with Gasteiger partial charge in [0.1, 0.15) is 0 Å². The summed E-state index contributed by atoms with van der Waals surface area (Å²) in [7, 11) is 0. The molecule has 25 heavy (non-hydrogen) atoms. The monoisotopic (exact) mass is 351 g/mol. The number of hydrogen-bond donors (Lipinski definition) is 2. The van der Waals surface area contributed by atoms with Gasteiger partial charge in [-0.15, -0.1) is 6.58 Å². The van der Waals surface area contributed by atoms with E-state index in [9.17, 15) is 9.59 Å². The maximum absolute atomic E-state index is 12.5. The number of rotatable bonds is 5. The van der Waals surface area contributed by atoms with Crippen LogP contribution in [0.3, 0.4) is 0 Å². The Morgan fingerprint density at radius 3 is 2.72 bits per heavy atom. The number of aromatic nitrogens is 2. The zero-order valence-corrected chi connectivity index (χ0v) is 14.3. The lowest BCUT2D eigenvalue weighted by molar-refractivity contribution is 0.0951. The predicted octanol–water partition coefficient (Wildman–Crippen LogP) is 3.18. The molecule has 0 aliphatic rings. The summed E-state index contributed by atoms with van der Waals surface area (Å²) in [4.78, 5) is 27.8. The van der Waals surface area contributed by atoms with Gasteiger partial charge in [0.05, 0.1) is 10.9 Å². The molecule has 126 valence electrons. The van der Waals surface area contributed by atoms with E-state index in [-0.39, 0.29) is 11.5 Å². The van der Waals surface area contributed by atoms with Gasteiger partial charge in [-0.05, 0) is 36.0 Å². The number of fused-ring (bicyclic) bond motifs is 1. The highest BCUT2D eigenvalue weighted by Crippen LogP contribution is 2.11. The minimum absolute atomic E-state index is 0.199. The molecular weight excluding hydrogens is 334 g/mol. The molecule has 2 N–H and O–H groups in total. The summed E-state index contributed by atoms with van der Waals surface area (Å²) >= 11 is 5.22. The van der Waals surface area contributed by atoms with E-state index in [1.165, 1.54) is 4.57 Å². The number of nitrogens with zero attached hydrogens (tertiary/aromatic N) is 1. The lowest BCUT2D eigenvalue weighted by Crippen LogP contribution is -2.24. The first-order valence-electron chi connectivity index (χ1n) is 7.80. The van der Waals surface area contributed by atoms with Crippen LogP contribution in [0.2, 0.25) is 0 Å². The SMILES string of the molecule is C=CCn1c(=S)[nH]c2cc(C(=O)NCc3ccccc3)ccc2c1=O. The number of allylic oxidation sites excluding steroid dienone is 1. The molecule has 1 aromatic heterocycles. The molecule has 0 aliphatic heterocycles. The van der Waals surface area contributed by atoms with Crippen LogP contribution in [-0.2, 0) is 13.1 Å². The molecule has 2 aromatic carbocycles. The number of hydrogen-bond acceptors (Lipinski definition) is 3. The molecular formula is C19H17N3O2S. The summed E-state index contributed by atoms with van der Waals surface area (Å²) in [5, 5.41) is 3.35. The van der Waals surface area contributed by atoms with Gasteiger partial charge in [-0.2, -0.15) is 0 Å². The maximum atomic E-state index is 12.5. The Balaban J connectivity index is 1.89. The number of H-pyrrole nitrogens is 1. The average Bonchev–Trinajstić information content (AvgIpc) is 2.63. The second-order valence-corrected chi connectivity index (χ2v) is 5.95. The van der Waals surface area contributed by atoms with Crippen LogP contribution >= 0.6 is 12.2 Å². The zero-order chi connectivity index (χ0) is 17.8. The topological polar surface area (TPSA) is 66.9 Å². The third kappa shape index (κ3) is 3.59. The van der Waals surface area contributed by atoms with Crippen molar-refractivity contribution in [3.63, 3.8) is 0 Å². The number of nitrogens with one attached hydrogen (secondary N) is 2. The molecule has 3 rings (SSSR count). The van der Waals surface area contributed by atoms with Gasteiger partial charge < -0.3 is 10.3 Å². The van der Waals surface area contributed by atoms with E-state index in [1.807, 2.05) is 30.3 Å². The Labute approximate surface area is 149 Å². The van der Waals surface area contributed by atoms with Crippen LogP contribution in [0.25, 0.3) is 10.9 Å². The Bertz CT molecular complexity index is 1050. The molecule has 1 heterocycles. The first-order chi connectivity index (χ1) is 12.1. The van der Waals surface area contributed by atoms with Crippen molar-refractivity contribution >= 4 is 29.0 Å². The van der Waals surface area contributed by atoms with Gasteiger partial charge in [0, 0.05) is 18.7 Å². The second-order valence-electron chi connectivity index (χ2n) is 5.56. The molecule has 0 bridgehead atoms. The van der Waals surface area contributed by atoms with E-state index in [0.29, 0.717) is 34.3 Å². The van der Waals surface area contributed by atoms with Crippen LogP contribution < -0.4 is 10.9 Å². The molecule has 0 aliphatic carbocycles. The van der Waals surface area contributed by atoms with E-state index in [0.717, 1.165) is 5.56 Å². The fourth-order valence-corrected chi connectivity index (χ4v) is 2.84. The highest BCUT2D eigenvalue weighted by molar-refractivity contribution is 7.71. The van der Waals surface area contributed by atoms with Crippen molar-refractivity contribution in [3.05, 3.63) is 87.4 Å². The number of amides is 1. The summed E-state index contributed by atoms with van der Waals surface area (Å²) < 4.78 is 1.74. The minimum Gasteiger partial charge on any atom is -0.348 e. The maximum Gasteiger partial charge on any atom is 0.262 e. The van der Waals surface area contributed by atoms with Crippen molar-refractivity contribution < 1.29 is 4.79 Å². The number of carbonyl (C=O) groups excluding carboxylic acids is 1.